The van der Waals surface area contributed by atoms with Gasteiger partial charge in [0.15, 0.2) is 10.9 Å². The lowest BCUT2D eigenvalue weighted by Crippen LogP contribution is -2.57. The quantitative estimate of drug-likeness (QED) is 0.586. The summed E-state index contributed by atoms with van der Waals surface area (Å²) in [6, 6.07) is 0. The van der Waals surface area contributed by atoms with Gasteiger partial charge in [-0.2, -0.15) is 0 Å². The Morgan fingerprint density at radius 1 is 1.14 bits per heavy atom. The van der Waals surface area contributed by atoms with E-state index in [4.69, 9.17) is 4.74 Å². The third-order valence-corrected chi connectivity index (χ3v) is 10.3. The van der Waals surface area contributed by atoms with Crippen molar-refractivity contribution >= 4 is 28.6 Å². The number of carbonyl (C=O) groups is 3. The van der Waals surface area contributed by atoms with Crippen molar-refractivity contribution in [3.63, 3.8) is 0 Å². The highest BCUT2D eigenvalue weighted by atomic mass is 32.2. The van der Waals surface area contributed by atoms with E-state index in [0.29, 0.717) is 24.2 Å². The highest BCUT2D eigenvalue weighted by molar-refractivity contribution is 8.14. The summed E-state index contributed by atoms with van der Waals surface area (Å²) in [6.07, 6.45) is 12.0. The maximum atomic E-state index is 12.2. The molecule has 5 heteroatoms. The van der Waals surface area contributed by atoms with E-state index >= 15 is 0 Å². The van der Waals surface area contributed by atoms with Crippen LogP contribution in [0.25, 0.3) is 0 Å². The normalized spacial score (nSPS) is 48.0. The minimum Gasteiger partial charge on any atom is -0.451 e. The summed E-state index contributed by atoms with van der Waals surface area (Å²) in [7, 11) is 0. The maximum Gasteiger partial charge on any atom is 0.331 e. The van der Waals surface area contributed by atoms with Crippen LogP contribution in [0.4, 0.5) is 0 Å². The van der Waals surface area contributed by atoms with Gasteiger partial charge in [-0.1, -0.05) is 31.2 Å². The van der Waals surface area contributed by atoms with Gasteiger partial charge in [-0.3, -0.25) is 9.59 Å². The number of ketones is 1. The van der Waals surface area contributed by atoms with Crippen molar-refractivity contribution in [3.05, 3.63) is 23.8 Å². The Balaban J connectivity index is 1.57. The number of ether oxygens (including phenoxy) is 1. The van der Waals surface area contributed by atoms with Crippen LogP contribution in [0.15, 0.2) is 23.8 Å². The zero-order valence-corrected chi connectivity index (χ0v) is 18.3. The van der Waals surface area contributed by atoms with Gasteiger partial charge in [0.05, 0.1) is 0 Å². The fourth-order valence-electron chi connectivity index (χ4n) is 7.76. The van der Waals surface area contributed by atoms with Gasteiger partial charge in [0.25, 0.3) is 0 Å². The molecule has 5 rings (SSSR count). The highest BCUT2D eigenvalue weighted by Gasteiger charge is 2.67. The number of esters is 1. The minimum absolute atomic E-state index is 0.0612. The van der Waals surface area contributed by atoms with E-state index in [0.717, 1.165) is 38.5 Å². The van der Waals surface area contributed by atoms with Gasteiger partial charge in [0, 0.05) is 30.1 Å². The summed E-state index contributed by atoms with van der Waals surface area (Å²) in [5, 5.41) is 0.371. The predicted octanol–water partition coefficient (Wildman–Crippen LogP) is 4.63. The molecule has 5 aliphatic rings. The monoisotopic (exact) mass is 414 g/mol. The number of rotatable bonds is 1. The largest absolute Gasteiger partial charge is 0.451 e. The molecule has 0 saturated heterocycles. The Hall–Kier alpha value is -1.36. The number of hydrogen-bond acceptors (Lipinski definition) is 5. The van der Waals surface area contributed by atoms with Crippen molar-refractivity contribution in [3.8, 4) is 0 Å². The van der Waals surface area contributed by atoms with Gasteiger partial charge in [-0.25, -0.2) is 4.79 Å². The molecule has 1 heterocycles. The second kappa shape index (κ2) is 6.32. The average Bonchev–Trinajstić information content (AvgIpc) is 3.17. The molecule has 0 radical (unpaired) electrons. The van der Waals surface area contributed by atoms with Gasteiger partial charge in [0.2, 0.25) is 0 Å². The molecular weight excluding hydrogens is 384 g/mol. The molecule has 156 valence electrons. The Bertz CT molecular complexity index is 859. The second-order valence-electron chi connectivity index (χ2n) is 10.3. The van der Waals surface area contributed by atoms with Crippen LogP contribution < -0.4 is 0 Å². The lowest BCUT2D eigenvalue weighted by molar-refractivity contribution is -0.162. The molecule has 4 aliphatic carbocycles. The van der Waals surface area contributed by atoms with Gasteiger partial charge in [0.1, 0.15) is 5.60 Å². The van der Waals surface area contributed by atoms with Crippen molar-refractivity contribution in [1.29, 1.82) is 0 Å². The predicted molar refractivity (Wildman–Crippen MR) is 112 cm³/mol. The molecule has 1 aliphatic heterocycles. The summed E-state index contributed by atoms with van der Waals surface area (Å²) in [4.78, 5) is 36.3. The molecule has 0 aromatic heterocycles. The van der Waals surface area contributed by atoms with E-state index in [2.05, 4.69) is 13.8 Å². The van der Waals surface area contributed by atoms with Gasteiger partial charge < -0.3 is 4.74 Å². The van der Waals surface area contributed by atoms with Crippen LogP contribution in [0, 0.1) is 28.6 Å². The molecule has 3 saturated carbocycles. The molecule has 1 spiro atoms. The maximum absolute atomic E-state index is 12.2. The van der Waals surface area contributed by atoms with Crippen LogP contribution in [-0.2, 0) is 19.1 Å². The molecule has 3 fully saturated rings. The Kier molecular flexibility index (Phi) is 4.27. The van der Waals surface area contributed by atoms with E-state index in [9.17, 15) is 14.4 Å². The smallest absolute Gasteiger partial charge is 0.331 e. The molecule has 0 aromatic rings. The van der Waals surface area contributed by atoms with Gasteiger partial charge in [-0.15, -0.1) is 0 Å². The van der Waals surface area contributed by atoms with Crippen molar-refractivity contribution in [2.75, 3.05) is 0 Å². The van der Waals surface area contributed by atoms with Crippen LogP contribution in [0.2, 0.25) is 0 Å². The molecule has 29 heavy (non-hydrogen) atoms. The number of thioether (sulfide) groups is 1. The Morgan fingerprint density at radius 2 is 1.90 bits per heavy atom. The second-order valence-corrected chi connectivity index (χ2v) is 11.8. The van der Waals surface area contributed by atoms with Crippen LogP contribution in [0.3, 0.4) is 0 Å². The molecule has 7 unspecified atom stereocenters. The van der Waals surface area contributed by atoms with Crippen LogP contribution >= 0.6 is 11.8 Å². The average molecular weight is 415 g/mol. The molecule has 0 amide bonds. The zero-order valence-electron chi connectivity index (χ0n) is 17.5. The Labute approximate surface area is 176 Å². The summed E-state index contributed by atoms with van der Waals surface area (Å²) in [5.74, 6) is 1.37. The summed E-state index contributed by atoms with van der Waals surface area (Å²) >= 11 is 1.48. The topological polar surface area (TPSA) is 60.4 Å². The molecule has 0 bridgehead atoms. The SMILES string of the molecule is CC(=O)SC1CC2=CC(=O)CCC2(C)C2CCC3(C)C(CCC34C=CC(=O)O4)C12. The standard InChI is InChI=1S/C24H30O4S/c1-14(25)29-19-13-15-12-16(26)4-8-22(15,2)17-5-9-23(3)18(21(17)19)6-10-24(23)11-7-20(27)28-24/h7,11-12,17-19,21H,4-6,8-10,13H2,1-3H3. The zero-order chi connectivity index (χ0) is 20.6. The molecule has 4 nitrogen and oxygen atoms in total. The van der Waals surface area contributed by atoms with Crippen LogP contribution in [0.1, 0.15) is 65.7 Å². The van der Waals surface area contributed by atoms with Crippen molar-refractivity contribution in [1.82, 2.24) is 0 Å². The first kappa shape index (κ1) is 19.6. The van der Waals surface area contributed by atoms with E-state index in [1.807, 2.05) is 12.2 Å². The fraction of sp³-hybridized carbons (Fsp3) is 0.708. The third kappa shape index (κ3) is 2.62. The number of allylic oxidation sites excluding steroid dienone is 1. The van der Waals surface area contributed by atoms with Crippen LogP contribution in [-0.4, -0.2) is 27.7 Å². The molecular formula is C24H30O4S. The van der Waals surface area contributed by atoms with Crippen molar-refractivity contribution in [2.45, 2.75) is 76.6 Å². The fourth-order valence-corrected chi connectivity index (χ4v) is 8.99. The van der Waals surface area contributed by atoms with E-state index in [1.54, 1.807) is 13.0 Å². The first-order valence-electron chi connectivity index (χ1n) is 11.0. The summed E-state index contributed by atoms with van der Waals surface area (Å²) < 4.78 is 5.94. The Morgan fingerprint density at radius 3 is 2.59 bits per heavy atom. The first-order valence-corrected chi connectivity index (χ1v) is 11.9. The van der Waals surface area contributed by atoms with Crippen molar-refractivity contribution in [2.24, 2.45) is 28.6 Å². The third-order valence-electron chi connectivity index (χ3n) is 9.23. The number of hydrogen-bond donors (Lipinski definition) is 0. The lowest BCUT2D eigenvalue weighted by Gasteiger charge is -2.60. The summed E-state index contributed by atoms with van der Waals surface area (Å²) in [6.45, 7) is 6.34. The molecule has 0 aromatic carbocycles. The van der Waals surface area contributed by atoms with E-state index in [1.165, 1.54) is 17.3 Å². The first-order chi connectivity index (χ1) is 13.7. The van der Waals surface area contributed by atoms with Crippen molar-refractivity contribution < 1.29 is 19.1 Å². The van der Waals surface area contributed by atoms with Gasteiger partial charge in [-0.05, 0) is 73.8 Å². The van der Waals surface area contributed by atoms with E-state index < -0.39 is 5.60 Å². The minimum atomic E-state index is -0.468. The highest BCUT2D eigenvalue weighted by Crippen LogP contribution is 2.70. The summed E-state index contributed by atoms with van der Waals surface area (Å²) in [5.41, 5.74) is 0.794. The van der Waals surface area contributed by atoms with E-state index in [-0.39, 0.29) is 32.9 Å². The van der Waals surface area contributed by atoms with Crippen LogP contribution in [0.5, 0.6) is 0 Å². The molecule has 0 N–H and O–H groups in total. The number of carbonyl (C=O) groups excluding carboxylic acids is 3. The van der Waals surface area contributed by atoms with Gasteiger partial charge >= 0.3 is 5.97 Å². The lowest BCUT2D eigenvalue weighted by atomic mass is 9.46. The number of fused-ring (bicyclic) bond motifs is 6. The molecule has 7 atom stereocenters.